The number of rotatable bonds is 10. The molecule has 4 atom stereocenters. The van der Waals surface area contributed by atoms with Crippen LogP contribution in [0.3, 0.4) is 0 Å². The average Bonchev–Trinajstić information content (AvgIpc) is 3.93. The zero-order chi connectivity index (χ0) is 44.4. The van der Waals surface area contributed by atoms with E-state index in [-0.39, 0.29) is 54.0 Å². The first-order valence-corrected chi connectivity index (χ1v) is 22.4. The van der Waals surface area contributed by atoms with E-state index in [1.807, 2.05) is 37.3 Å². The van der Waals surface area contributed by atoms with Gasteiger partial charge in [-0.2, -0.15) is 4.98 Å². The molecule has 3 aromatic heterocycles. The van der Waals surface area contributed by atoms with E-state index in [2.05, 4.69) is 32.5 Å². The summed E-state index contributed by atoms with van der Waals surface area (Å²) in [5.41, 5.74) is 2.92. The molecule has 10 rings (SSSR count). The molecule has 16 heteroatoms. The number of likely N-dealkylation sites (tertiary alicyclic amines) is 1. The minimum absolute atomic E-state index is 0.0442. The van der Waals surface area contributed by atoms with E-state index in [0.29, 0.717) is 77.2 Å². The first kappa shape index (κ1) is 41.6. The Labute approximate surface area is 370 Å². The number of benzene rings is 2. The number of likely N-dealkylation sites (N-methyl/N-ethyl adjacent to an activating group) is 1. The monoisotopic (exact) mass is 867 g/mol. The van der Waals surface area contributed by atoms with E-state index in [1.165, 1.54) is 0 Å². The molecule has 1 saturated carbocycles. The van der Waals surface area contributed by atoms with Crippen molar-refractivity contribution in [1.29, 1.82) is 0 Å². The number of carbonyl (C=O) groups is 3. The van der Waals surface area contributed by atoms with Crippen LogP contribution in [-0.4, -0.2) is 99.7 Å². The molecule has 2 unspecified atom stereocenters. The van der Waals surface area contributed by atoms with Crippen molar-refractivity contribution in [1.82, 2.24) is 29.7 Å². The van der Waals surface area contributed by atoms with Gasteiger partial charge in [-0.1, -0.05) is 25.1 Å². The van der Waals surface area contributed by atoms with Gasteiger partial charge in [-0.3, -0.25) is 14.4 Å². The molecule has 0 radical (unpaired) electrons. The van der Waals surface area contributed by atoms with E-state index in [0.717, 1.165) is 55.2 Å². The van der Waals surface area contributed by atoms with Gasteiger partial charge in [0.2, 0.25) is 11.9 Å². The Morgan fingerprint density at radius 1 is 1.02 bits per heavy atom. The molecule has 7 heterocycles. The maximum Gasteiger partial charge on any atom is 0.343 e. The summed E-state index contributed by atoms with van der Waals surface area (Å²) in [4.78, 5) is 75.1. The number of anilines is 4. The Morgan fingerprint density at radius 3 is 2.62 bits per heavy atom. The summed E-state index contributed by atoms with van der Waals surface area (Å²) < 4.78 is 12.9. The van der Waals surface area contributed by atoms with Gasteiger partial charge >= 0.3 is 5.97 Å². The van der Waals surface area contributed by atoms with Crippen LogP contribution in [0.15, 0.2) is 65.6 Å². The molecule has 5 aliphatic rings. The molecule has 2 fully saturated rings. The van der Waals surface area contributed by atoms with Gasteiger partial charge in [-0.25, -0.2) is 14.8 Å². The van der Waals surface area contributed by atoms with Crippen molar-refractivity contribution in [3.8, 4) is 17.1 Å². The zero-order valence-electron chi connectivity index (χ0n) is 36.6. The van der Waals surface area contributed by atoms with Crippen molar-refractivity contribution in [3.63, 3.8) is 0 Å². The molecule has 0 bridgehead atoms. The minimum atomic E-state index is -2.01. The third-order valence-corrected chi connectivity index (χ3v) is 14.2. The van der Waals surface area contributed by atoms with Crippen LogP contribution >= 0.6 is 0 Å². The molecule has 3 N–H and O–H groups in total. The Balaban J connectivity index is 0.876. The van der Waals surface area contributed by atoms with Crippen LogP contribution in [-0.2, 0) is 33.1 Å². The first-order valence-electron chi connectivity index (χ1n) is 22.4. The fourth-order valence-corrected chi connectivity index (χ4v) is 10.5. The number of ether oxygens (including phenoxy) is 2. The molecular weight excluding hydrogens is 815 g/mol. The predicted octanol–water partition coefficient (Wildman–Crippen LogP) is 5.25. The second kappa shape index (κ2) is 16.3. The van der Waals surface area contributed by atoms with Gasteiger partial charge in [0.05, 0.1) is 48.0 Å². The van der Waals surface area contributed by atoms with E-state index in [9.17, 15) is 24.3 Å². The highest BCUT2D eigenvalue weighted by Crippen LogP contribution is 2.45. The quantitative estimate of drug-likeness (QED) is 0.152. The fourth-order valence-electron chi connectivity index (χ4n) is 10.5. The highest BCUT2D eigenvalue weighted by molar-refractivity contribution is 6.04. The third-order valence-electron chi connectivity index (χ3n) is 14.2. The van der Waals surface area contributed by atoms with E-state index < -0.39 is 17.6 Å². The number of piperidine rings is 1. The molecule has 2 amide bonds. The van der Waals surface area contributed by atoms with Crippen LogP contribution < -0.4 is 30.7 Å². The van der Waals surface area contributed by atoms with Crippen molar-refractivity contribution >= 4 is 51.8 Å². The maximum absolute atomic E-state index is 14.0. The number of nitrogens with one attached hydrogen (secondary N) is 2. The van der Waals surface area contributed by atoms with Gasteiger partial charge in [0.1, 0.15) is 24.1 Å². The number of amides is 2. The number of hydrogen-bond acceptors (Lipinski definition) is 13. The number of pyridine rings is 2. The maximum atomic E-state index is 14.0. The summed E-state index contributed by atoms with van der Waals surface area (Å²) in [5.74, 6) is 0.549. The molecule has 0 spiro atoms. The number of nitrogens with zero attached hydrogens (tertiary/aromatic N) is 7. The Kier molecular flexibility index (Phi) is 10.6. The Morgan fingerprint density at radius 2 is 1.83 bits per heavy atom. The Bertz CT molecular complexity index is 2770. The summed E-state index contributed by atoms with van der Waals surface area (Å²) in [6, 6.07) is 16.4. The lowest BCUT2D eigenvalue weighted by molar-refractivity contribution is -0.173. The summed E-state index contributed by atoms with van der Waals surface area (Å²) in [6.07, 6.45) is 6.85. The smallest absolute Gasteiger partial charge is 0.343 e. The van der Waals surface area contributed by atoms with E-state index in [4.69, 9.17) is 19.4 Å². The molecule has 332 valence electrons. The van der Waals surface area contributed by atoms with Gasteiger partial charge in [0, 0.05) is 41.2 Å². The van der Waals surface area contributed by atoms with E-state index in [1.54, 1.807) is 54.1 Å². The number of cyclic esters (lactones) is 1. The second-order valence-corrected chi connectivity index (χ2v) is 18.0. The minimum Gasteiger partial charge on any atom is -0.495 e. The topological polar surface area (TPSA) is 184 Å². The van der Waals surface area contributed by atoms with Crippen molar-refractivity contribution in [3.05, 3.63) is 93.4 Å². The molecule has 16 nitrogen and oxygen atoms in total. The van der Waals surface area contributed by atoms with Gasteiger partial charge < -0.3 is 44.5 Å². The highest BCUT2D eigenvalue weighted by atomic mass is 16.6. The summed E-state index contributed by atoms with van der Waals surface area (Å²) in [7, 11) is 5.38. The van der Waals surface area contributed by atoms with Crippen molar-refractivity contribution in [2.75, 3.05) is 49.4 Å². The van der Waals surface area contributed by atoms with Gasteiger partial charge in [0.15, 0.2) is 11.4 Å². The number of aromatic nitrogens is 4. The molecule has 5 aromatic rings. The summed E-state index contributed by atoms with van der Waals surface area (Å²) in [5, 5.41) is 19.7. The Hall–Kier alpha value is -6.39. The standard InChI is InChI=1S/C48H53N9O7/c1-5-37-45(60)55(3)39-24-49-47(52-36-13-11-29(22-40(36)63-4)43(58)50-31-15-18-54(2)19-16-31)53-42(39)57(37)32-12-10-27(20-32)14-17-48(62)34-23-38-41-30(21-28-8-6-7-9-35(28)51-41)25-56(38)44(59)33(34)26-64-46(48)61/h6-9,11,13,21-24,27,31-32,37,62H,5,10,12,14-20,25-26H2,1-4H3,(H,50,58)(H,49,52,53)/t27?,32?,37-,48+/m1/s1. The number of para-hydroxylation sites is 1. The number of methoxy groups -OCH3 is 1. The van der Waals surface area contributed by atoms with Crippen LogP contribution in [0.4, 0.5) is 23.1 Å². The van der Waals surface area contributed by atoms with Crippen molar-refractivity contribution in [2.24, 2.45) is 5.92 Å². The van der Waals surface area contributed by atoms with Crippen LogP contribution in [0.5, 0.6) is 5.75 Å². The first-order chi connectivity index (χ1) is 30.9. The molecule has 2 aromatic carbocycles. The molecular formula is C48H53N9O7. The van der Waals surface area contributed by atoms with Gasteiger partial charge in [0.25, 0.3) is 11.5 Å². The normalized spacial score (nSPS) is 23.0. The lowest BCUT2D eigenvalue weighted by Gasteiger charge is -2.43. The van der Waals surface area contributed by atoms with Crippen LogP contribution in [0.2, 0.25) is 0 Å². The number of carbonyl (C=O) groups excluding carboxylic acids is 3. The lowest BCUT2D eigenvalue weighted by Crippen LogP contribution is -2.55. The second-order valence-electron chi connectivity index (χ2n) is 18.0. The van der Waals surface area contributed by atoms with Crippen molar-refractivity contribution in [2.45, 2.75) is 95.2 Å². The average molecular weight is 868 g/mol. The van der Waals surface area contributed by atoms with E-state index >= 15 is 0 Å². The largest absolute Gasteiger partial charge is 0.495 e. The SMILES string of the molecule is CC[C@@H]1C(=O)N(C)c2cnc(Nc3ccc(C(=O)NC4CCN(C)CC4)cc3OC)nc2N1C1CCC(CC[C@@]2(O)C(=O)OCc3c2cc2n(c3=O)Cc3cc4ccccc4nc3-2)C1. The van der Waals surface area contributed by atoms with Gasteiger partial charge in [-0.15, -0.1) is 0 Å². The van der Waals surface area contributed by atoms with Crippen molar-refractivity contribution < 1.29 is 29.0 Å². The molecule has 4 aliphatic heterocycles. The third kappa shape index (κ3) is 7.12. The van der Waals surface area contributed by atoms with Crippen LogP contribution in [0.1, 0.15) is 85.3 Å². The zero-order valence-corrected chi connectivity index (χ0v) is 36.6. The lowest BCUT2D eigenvalue weighted by atomic mass is 9.82. The number of fused-ring (bicyclic) bond motifs is 6. The molecule has 1 saturated heterocycles. The summed E-state index contributed by atoms with van der Waals surface area (Å²) in [6.45, 7) is 4.03. The summed E-state index contributed by atoms with van der Waals surface area (Å²) >= 11 is 0. The van der Waals surface area contributed by atoms with Gasteiger partial charge in [-0.05, 0) is 114 Å². The van der Waals surface area contributed by atoms with Crippen LogP contribution in [0, 0.1) is 5.92 Å². The number of hydrogen-bond donors (Lipinski definition) is 3. The fraction of sp³-hybridized carbons (Fsp3) is 0.438. The predicted molar refractivity (Wildman–Crippen MR) is 241 cm³/mol. The highest BCUT2D eigenvalue weighted by Gasteiger charge is 2.48. The molecule has 64 heavy (non-hydrogen) atoms. The van der Waals surface area contributed by atoms with Crippen LogP contribution in [0.25, 0.3) is 22.3 Å². The number of aliphatic hydroxyl groups is 1. The molecule has 1 aliphatic carbocycles. The number of esters is 1.